The summed E-state index contributed by atoms with van der Waals surface area (Å²) in [6, 6.07) is 16.7. The van der Waals surface area contributed by atoms with Gasteiger partial charge in [0.15, 0.2) is 0 Å². The van der Waals surface area contributed by atoms with Crippen LogP contribution in [0.1, 0.15) is 24.0 Å². The standard InChI is InChI=1S/C20H23IN2O/c1-15-2-4-16(5-3-15)14-23-12-10-17(11-13-23)20(24)22-19-8-6-18(21)7-9-19/h2-9,17H,10-14H2,1H3,(H,22,24). The van der Waals surface area contributed by atoms with Crippen molar-refractivity contribution in [3.63, 3.8) is 0 Å². The lowest BCUT2D eigenvalue weighted by Gasteiger charge is -2.31. The monoisotopic (exact) mass is 434 g/mol. The van der Waals surface area contributed by atoms with E-state index in [1.54, 1.807) is 0 Å². The fraction of sp³-hybridized carbons (Fsp3) is 0.350. The molecule has 0 atom stereocenters. The molecular formula is C20H23IN2O. The SMILES string of the molecule is Cc1ccc(CN2CCC(C(=O)Nc3ccc(I)cc3)CC2)cc1. The summed E-state index contributed by atoms with van der Waals surface area (Å²) in [7, 11) is 0. The average molecular weight is 434 g/mol. The lowest BCUT2D eigenvalue weighted by molar-refractivity contribution is -0.121. The first-order chi connectivity index (χ1) is 11.6. The number of amides is 1. The normalized spacial score (nSPS) is 16.1. The summed E-state index contributed by atoms with van der Waals surface area (Å²) in [5.74, 6) is 0.282. The van der Waals surface area contributed by atoms with Crippen LogP contribution in [0, 0.1) is 16.4 Å². The Morgan fingerprint density at radius 3 is 2.33 bits per heavy atom. The second-order valence-electron chi connectivity index (χ2n) is 6.53. The van der Waals surface area contributed by atoms with Gasteiger partial charge in [-0.25, -0.2) is 0 Å². The molecule has 3 rings (SSSR count). The maximum Gasteiger partial charge on any atom is 0.227 e. The summed E-state index contributed by atoms with van der Waals surface area (Å²) in [5.41, 5.74) is 3.54. The van der Waals surface area contributed by atoms with E-state index in [9.17, 15) is 4.79 Å². The predicted molar refractivity (Wildman–Crippen MR) is 107 cm³/mol. The Morgan fingerprint density at radius 2 is 1.71 bits per heavy atom. The maximum atomic E-state index is 12.4. The number of halogens is 1. The van der Waals surface area contributed by atoms with Gasteiger partial charge in [-0.2, -0.15) is 0 Å². The van der Waals surface area contributed by atoms with Gasteiger partial charge in [0.05, 0.1) is 0 Å². The lowest BCUT2D eigenvalue weighted by Crippen LogP contribution is -2.37. The molecule has 126 valence electrons. The largest absolute Gasteiger partial charge is 0.326 e. The van der Waals surface area contributed by atoms with Crippen LogP contribution in [-0.4, -0.2) is 23.9 Å². The van der Waals surface area contributed by atoms with Gasteiger partial charge >= 0.3 is 0 Å². The predicted octanol–water partition coefficient (Wildman–Crippen LogP) is 4.45. The number of piperidine rings is 1. The molecule has 1 aliphatic heterocycles. The lowest BCUT2D eigenvalue weighted by atomic mass is 9.95. The van der Waals surface area contributed by atoms with Crippen LogP contribution in [0.3, 0.4) is 0 Å². The van der Waals surface area contributed by atoms with E-state index in [2.05, 4.69) is 64.0 Å². The smallest absolute Gasteiger partial charge is 0.227 e. The molecule has 4 heteroatoms. The molecule has 1 N–H and O–H groups in total. The molecule has 0 saturated carbocycles. The highest BCUT2D eigenvalue weighted by molar-refractivity contribution is 14.1. The van der Waals surface area contributed by atoms with Crippen molar-refractivity contribution in [1.82, 2.24) is 4.90 Å². The molecule has 0 spiro atoms. The minimum atomic E-state index is 0.124. The third kappa shape index (κ3) is 4.80. The number of aryl methyl sites for hydroxylation is 1. The van der Waals surface area contributed by atoms with Crippen molar-refractivity contribution >= 4 is 34.2 Å². The third-order valence-electron chi connectivity index (χ3n) is 4.60. The molecule has 2 aromatic carbocycles. The molecule has 1 amide bonds. The van der Waals surface area contributed by atoms with E-state index < -0.39 is 0 Å². The number of anilines is 1. The zero-order valence-electron chi connectivity index (χ0n) is 14.0. The topological polar surface area (TPSA) is 32.3 Å². The number of benzene rings is 2. The third-order valence-corrected chi connectivity index (χ3v) is 5.32. The van der Waals surface area contributed by atoms with Gasteiger partial charge in [0, 0.05) is 21.7 Å². The van der Waals surface area contributed by atoms with E-state index in [0.717, 1.165) is 38.2 Å². The summed E-state index contributed by atoms with van der Waals surface area (Å²) < 4.78 is 1.18. The number of hydrogen-bond acceptors (Lipinski definition) is 2. The van der Waals surface area contributed by atoms with Gasteiger partial charge in [-0.3, -0.25) is 9.69 Å². The van der Waals surface area contributed by atoms with E-state index >= 15 is 0 Å². The van der Waals surface area contributed by atoms with Crippen LogP contribution in [0.25, 0.3) is 0 Å². The number of nitrogens with one attached hydrogen (secondary N) is 1. The van der Waals surface area contributed by atoms with Crippen LogP contribution in [-0.2, 0) is 11.3 Å². The molecule has 0 aromatic heterocycles. The van der Waals surface area contributed by atoms with Crippen molar-refractivity contribution < 1.29 is 4.79 Å². The van der Waals surface area contributed by atoms with Crippen LogP contribution in [0.5, 0.6) is 0 Å². The fourth-order valence-electron chi connectivity index (χ4n) is 3.08. The van der Waals surface area contributed by atoms with Crippen molar-refractivity contribution in [3.8, 4) is 0 Å². The molecule has 0 bridgehead atoms. The highest BCUT2D eigenvalue weighted by Gasteiger charge is 2.25. The second kappa shape index (κ2) is 8.12. The highest BCUT2D eigenvalue weighted by Crippen LogP contribution is 2.21. The van der Waals surface area contributed by atoms with Gasteiger partial charge in [-0.05, 0) is 85.3 Å². The van der Waals surface area contributed by atoms with Crippen molar-refractivity contribution in [1.29, 1.82) is 0 Å². The van der Waals surface area contributed by atoms with Crippen molar-refractivity contribution in [2.45, 2.75) is 26.3 Å². The minimum Gasteiger partial charge on any atom is -0.326 e. The maximum absolute atomic E-state index is 12.4. The molecule has 2 aromatic rings. The Hall–Kier alpha value is -1.40. The first-order valence-corrected chi connectivity index (χ1v) is 9.52. The van der Waals surface area contributed by atoms with E-state index in [4.69, 9.17) is 0 Å². The van der Waals surface area contributed by atoms with Gasteiger partial charge in [-0.15, -0.1) is 0 Å². The number of nitrogens with zero attached hydrogens (tertiary/aromatic N) is 1. The first-order valence-electron chi connectivity index (χ1n) is 8.44. The van der Waals surface area contributed by atoms with Crippen LogP contribution < -0.4 is 5.32 Å². The van der Waals surface area contributed by atoms with Crippen LogP contribution in [0.2, 0.25) is 0 Å². The van der Waals surface area contributed by atoms with Gasteiger partial charge in [0.1, 0.15) is 0 Å². The first kappa shape index (κ1) is 17.4. The van der Waals surface area contributed by atoms with Crippen LogP contribution in [0.4, 0.5) is 5.69 Å². The molecule has 24 heavy (non-hydrogen) atoms. The fourth-order valence-corrected chi connectivity index (χ4v) is 3.44. The quantitative estimate of drug-likeness (QED) is 0.722. The summed E-state index contributed by atoms with van der Waals surface area (Å²) >= 11 is 2.27. The van der Waals surface area contributed by atoms with Gasteiger partial charge < -0.3 is 5.32 Å². The van der Waals surface area contributed by atoms with E-state index in [1.807, 2.05) is 24.3 Å². The highest BCUT2D eigenvalue weighted by atomic mass is 127. The Balaban J connectivity index is 1.48. The Bertz CT molecular complexity index is 674. The number of carbonyl (C=O) groups excluding carboxylic acids is 1. The molecule has 0 unspecified atom stereocenters. The summed E-state index contributed by atoms with van der Waals surface area (Å²) in [5, 5.41) is 3.05. The van der Waals surface area contributed by atoms with E-state index in [0.29, 0.717) is 0 Å². The Labute approximate surface area is 157 Å². The number of carbonyl (C=O) groups is 1. The molecule has 0 radical (unpaired) electrons. The molecule has 1 fully saturated rings. The molecule has 1 saturated heterocycles. The summed E-state index contributed by atoms with van der Waals surface area (Å²) in [6.45, 7) is 5.06. The Morgan fingerprint density at radius 1 is 1.08 bits per heavy atom. The van der Waals surface area contributed by atoms with Gasteiger partial charge in [-0.1, -0.05) is 29.8 Å². The Kier molecular flexibility index (Phi) is 5.89. The molecule has 1 aliphatic rings. The van der Waals surface area contributed by atoms with Crippen molar-refractivity contribution in [3.05, 3.63) is 63.2 Å². The van der Waals surface area contributed by atoms with Gasteiger partial charge in [0.2, 0.25) is 5.91 Å². The van der Waals surface area contributed by atoms with Crippen LogP contribution >= 0.6 is 22.6 Å². The summed E-state index contributed by atoms with van der Waals surface area (Å²) in [6.07, 6.45) is 1.87. The van der Waals surface area contributed by atoms with E-state index in [-0.39, 0.29) is 11.8 Å². The van der Waals surface area contributed by atoms with Crippen LogP contribution in [0.15, 0.2) is 48.5 Å². The van der Waals surface area contributed by atoms with Gasteiger partial charge in [0.25, 0.3) is 0 Å². The zero-order chi connectivity index (χ0) is 16.9. The number of rotatable bonds is 4. The molecule has 3 nitrogen and oxygen atoms in total. The zero-order valence-corrected chi connectivity index (χ0v) is 16.1. The molecular weight excluding hydrogens is 411 g/mol. The molecule has 1 heterocycles. The average Bonchev–Trinajstić information content (AvgIpc) is 2.59. The summed E-state index contributed by atoms with van der Waals surface area (Å²) in [4.78, 5) is 14.9. The molecule has 0 aliphatic carbocycles. The van der Waals surface area contributed by atoms with Crippen molar-refractivity contribution in [2.24, 2.45) is 5.92 Å². The second-order valence-corrected chi connectivity index (χ2v) is 7.78. The minimum absolute atomic E-state index is 0.124. The van der Waals surface area contributed by atoms with E-state index in [1.165, 1.54) is 14.7 Å². The number of hydrogen-bond donors (Lipinski definition) is 1. The number of likely N-dealkylation sites (tertiary alicyclic amines) is 1. The van der Waals surface area contributed by atoms with Crippen molar-refractivity contribution in [2.75, 3.05) is 18.4 Å².